The van der Waals surface area contributed by atoms with Crippen LogP contribution in [0.5, 0.6) is 0 Å². The topological polar surface area (TPSA) is 79.5 Å². The van der Waals surface area contributed by atoms with Crippen LogP contribution in [-0.2, 0) is 16.6 Å². The number of aryl methyl sites for hydroxylation is 1. The lowest BCUT2D eigenvalue weighted by Gasteiger charge is -2.10. The number of nitrogens with one attached hydrogen (secondary N) is 1. The Hall–Kier alpha value is -1.21. The molecule has 0 bridgehead atoms. The van der Waals surface area contributed by atoms with Gasteiger partial charge < -0.3 is 9.52 Å². The maximum absolute atomic E-state index is 12.3. The first kappa shape index (κ1) is 15.2. The molecule has 5 nitrogen and oxygen atoms in total. The van der Waals surface area contributed by atoms with Gasteiger partial charge in [-0.25, -0.2) is 8.42 Å². The largest absolute Gasteiger partial charge is 0.462 e. The van der Waals surface area contributed by atoms with Crippen LogP contribution in [0.3, 0.4) is 0 Å². The molecule has 0 fully saturated rings. The molecule has 0 aliphatic carbocycles. The number of benzene rings is 1. The quantitative estimate of drug-likeness (QED) is 0.899. The molecule has 1 aromatic carbocycles. The molecule has 0 amide bonds. The summed E-state index contributed by atoms with van der Waals surface area (Å²) in [6.07, 6.45) is 0. The summed E-state index contributed by atoms with van der Waals surface area (Å²) in [6.45, 7) is 1.10. The standard InChI is InChI=1S/C12H11Cl2NO4S/c1-7-11(5-8(6-16)19-7)20(17,18)15-12-9(13)3-2-4-10(12)14/h2-5,15-16H,6H2,1H3. The number of aliphatic hydroxyl groups is 1. The van der Waals surface area contributed by atoms with Crippen molar-refractivity contribution in [3.05, 3.63) is 45.8 Å². The van der Waals surface area contributed by atoms with Gasteiger partial charge >= 0.3 is 0 Å². The molecule has 20 heavy (non-hydrogen) atoms. The van der Waals surface area contributed by atoms with Crippen molar-refractivity contribution in [2.75, 3.05) is 4.72 Å². The first-order valence-corrected chi connectivity index (χ1v) is 7.76. The second kappa shape index (κ2) is 5.65. The highest BCUT2D eigenvalue weighted by molar-refractivity contribution is 7.92. The van der Waals surface area contributed by atoms with Crippen LogP contribution in [0.15, 0.2) is 33.6 Å². The molecule has 0 radical (unpaired) electrons. The number of hydrogen-bond donors (Lipinski definition) is 2. The second-order valence-electron chi connectivity index (χ2n) is 3.99. The zero-order valence-electron chi connectivity index (χ0n) is 10.4. The number of rotatable bonds is 4. The zero-order chi connectivity index (χ0) is 14.9. The number of anilines is 1. The summed E-state index contributed by atoms with van der Waals surface area (Å²) < 4.78 is 32.0. The van der Waals surface area contributed by atoms with Crippen molar-refractivity contribution in [3.63, 3.8) is 0 Å². The number of para-hydroxylation sites is 1. The van der Waals surface area contributed by atoms with Crippen molar-refractivity contribution in [2.24, 2.45) is 0 Å². The Morgan fingerprint density at radius 2 is 1.90 bits per heavy atom. The van der Waals surface area contributed by atoms with Gasteiger partial charge in [-0.05, 0) is 19.1 Å². The lowest BCUT2D eigenvalue weighted by atomic mass is 10.3. The van der Waals surface area contributed by atoms with E-state index in [1.54, 1.807) is 6.07 Å². The predicted molar refractivity (Wildman–Crippen MR) is 76.6 cm³/mol. The van der Waals surface area contributed by atoms with Crippen molar-refractivity contribution < 1.29 is 17.9 Å². The molecule has 0 saturated carbocycles. The van der Waals surface area contributed by atoms with E-state index in [0.29, 0.717) is 0 Å². The summed E-state index contributed by atoms with van der Waals surface area (Å²) in [5.41, 5.74) is 0.0991. The fraction of sp³-hybridized carbons (Fsp3) is 0.167. The van der Waals surface area contributed by atoms with E-state index in [0.717, 1.165) is 0 Å². The normalized spacial score (nSPS) is 11.6. The highest BCUT2D eigenvalue weighted by atomic mass is 35.5. The van der Waals surface area contributed by atoms with E-state index in [-0.39, 0.29) is 38.8 Å². The summed E-state index contributed by atoms with van der Waals surface area (Å²) in [6, 6.07) is 5.90. The van der Waals surface area contributed by atoms with Crippen LogP contribution in [0.2, 0.25) is 10.0 Å². The van der Waals surface area contributed by atoms with Gasteiger partial charge in [0.15, 0.2) is 0 Å². The number of halogens is 2. The van der Waals surface area contributed by atoms with Crippen LogP contribution in [0, 0.1) is 6.92 Å². The van der Waals surface area contributed by atoms with E-state index < -0.39 is 10.0 Å². The van der Waals surface area contributed by atoms with Gasteiger partial charge in [-0.1, -0.05) is 29.3 Å². The molecular formula is C12H11Cl2NO4S. The first-order valence-electron chi connectivity index (χ1n) is 5.52. The summed E-state index contributed by atoms with van der Waals surface area (Å²) in [7, 11) is -3.90. The molecule has 1 heterocycles. The summed E-state index contributed by atoms with van der Waals surface area (Å²) in [4.78, 5) is -0.0717. The minimum Gasteiger partial charge on any atom is -0.462 e. The Balaban J connectivity index is 2.43. The average molecular weight is 336 g/mol. The molecule has 0 spiro atoms. The molecule has 0 saturated heterocycles. The van der Waals surface area contributed by atoms with Gasteiger partial charge in [0, 0.05) is 6.07 Å². The Bertz CT molecular complexity index is 720. The van der Waals surface area contributed by atoms with Crippen molar-refractivity contribution in [3.8, 4) is 0 Å². The van der Waals surface area contributed by atoms with Gasteiger partial charge in [-0.2, -0.15) is 0 Å². The van der Waals surface area contributed by atoms with Crippen LogP contribution in [-0.4, -0.2) is 13.5 Å². The molecule has 0 aliphatic heterocycles. The lowest BCUT2D eigenvalue weighted by Crippen LogP contribution is -2.13. The third-order valence-corrected chi connectivity index (χ3v) is 4.65. The molecule has 2 N–H and O–H groups in total. The van der Waals surface area contributed by atoms with Gasteiger partial charge in [-0.15, -0.1) is 0 Å². The van der Waals surface area contributed by atoms with Crippen molar-refractivity contribution in [1.29, 1.82) is 0 Å². The second-order valence-corrected chi connectivity index (χ2v) is 6.46. The van der Waals surface area contributed by atoms with Crippen LogP contribution in [0.25, 0.3) is 0 Å². The third kappa shape index (κ3) is 2.93. The fourth-order valence-electron chi connectivity index (χ4n) is 1.65. The highest BCUT2D eigenvalue weighted by Crippen LogP contribution is 2.32. The molecular weight excluding hydrogens is 325 g/mol. The molecule has 0 atom stereocenters. The molecule has 8 heteroatoms. The van der Waals surface area contributed by atoms with E-state index in [1.165, 1.54) is 25.1 Å². The average Bonchev–Trinajstić information content (AvgIpc) is 2.76. The van der Waals surface area contributed by atoms with E-state index in [9.17, 15) is 8.42 Å². The molecule has 1 aromatic heterocycles. The van der Waals surface area contributed by atoms with E-state index in [4.69, 9.17) is 32.7 Å². The number of sulfonamides is 1. The monoisotopic (exact) mass is 335 g/mol. The highest BCUT2D eigenvalue weighted by Gasteiger charge is 2.23. The van der Waals surface area contributed by atoms with E-state index in [1.807, 2.05) is 0 Å². The predicted octanol–water partition coefficient (Wildman–Crippen LogP) is 3.19. The fourth-order valence-corrected chi connectivity index (χ4v) is 3.56. The smallest absolute Gasteiger partial charge is 0.265 e. The van der Waals surface area contributed by atoms with E-state index >= 15 is 0 Å². The van der Waals surface area contributed by atoms with Gasteiger partial charge in [0.1, 0.15) is 23.0 Å². The van der Waals surface area contributed by atoms with Gasteiger partial charge in [0.05, 0.1) is 15.7 Å². The van der Waals surface area contributed by atoms with Crippen LogP contribution >= 0.6 is 23.2 Å². The number of hydrogen-bond acceptors (Lipinski definition) is 4. The Morgan fingerprint density at radius 3 is 2.40 bits per heavy atom. The van der Waals surface area contributed by atoms with Crippen molar-refractivity contribution in [2.45, 2.75) is 18.4 Å². The van der Waals surface area contributed by atoms with Crippen molar-refractivity contribution >= 4 is 38.9 Å². The Kier molecular flexibility index (Phi) is 4.29. The summed E-state index contributed by atoms with van der Waals surface area (Å²) >= 11 is 11.8. The maximum Gasteiger partial charge on any atom is 0.265 e. The minimum absolute atomic E-state index is 0.0717. The minimum atomic E-state index is -3.90. The molecule has 0 aliphatic rings. The Labute approximate surface area is 126 Å². The van der Waals surface area contributed by atoms with Gasteiger partial charge in [-0.3, -0.25) is 4.72 Å². The SMILES string of the molecule is Cc1oc(CO)cc1S(=O)(=O)Nc1c(Cl)cccc1Cl. The summed E-state index contributed by atoms with van der Waals surface area (Å²) in [5, 5.41) is 9.34. The van der Waals surface area contributed by atoms with E-state index in [2.05, 4.69) is 4.72 Å². The zero-order valence-corrected chi connectivity index (χ0v) is 12.7. The number of aliphatic hydroxyl groups excluding tert-OH is 1. The third-order valence-electron chi connectivity index (χ3n) is 2.57. The van der Waals surface area contributed by atoms with Gasteiger partial charge in [0.2, 0.25) is 0 Å². The molecule has 2 rings (SSSR count). The van der Waals surface area contributed by atoms with Crippen LogP contribution in [0.4, 0.5) is 5.69 Å². The van der Waals surface area contributed by atoms with Crippen LogP contribution < -0.4 is 4.72 Å². The van der Waals surface area contributed by atoms with Crippen LogP contribution in [0.1, 0.15) is 11.5 Å². The van der Waals surface area contributed by atoms with Crippen molar-refractivity contribution in [1.82, 2.24) is 0 Å². The number of furan rings is 1. The molecule has 0 unspecified atom stereocenters. The molecule has 108 valence electrons. The first-order chi connectivity index (χ1) is 9.35. The summed E-state index contributed by atoms with van der Waals surface area (Å²) in [5.74, 6) is 0.331. The maximum atomic E-state index is 12.3. The molecule has 2 aromatic rings. The lowest BCUT2D eigenvalue weighted by molar-refractivity contribution is 0.245. The Morgan fingerprint density at radius 1 is 1.30 bits per heavy atom. The van der Waals surface area contributed by atoms with Gasteiger partial charge in [0.25, 0.3) is 10.0 Å².